The van der Waals surface area contributed by atoms with Gasteiger partial charge in [-0.25, -0.2) is 4.39 Å². The Bertz CT molecular complexity index is 755. The van der Waals surface area contributed by atoms with E-state index in [0.29, 0.717) is 17.6 Å². The zero-order valence-electron chi connectivity index (χ0n) is 20.0. The zero-order chi connectivity index (χ0) is 22.5. The fourth-order valence-corrected chi connectivity index (χ4v) is 7.04. The minimum atomic E-state index is -0.539. The highest BCUT2D eigenvalue weighted by atomic mass is 19.1. The van der Waals surface area contributed by atoms with Crippen LogP contribution in [0, 0.1) is 41.3 Å². The molecule has 4 heteroatoms. The van der Waals surface area contributed by atoms with Crippen LogP contribution in [0.3, 0.4) is 0 Å². The monoisotopic (exact) mass is 444 g/mol. The highest BCUT2D eigenvalue weighted by molar-refractivity contribution is 5.75. The maximum Gasteiger partial charge on any atom is 0.314 e. The van der Waals surface area contributed by atoms with Crippen LogP contribution in [0.4, 0.5) is 4.39 Å². The average molecular weight is 445 g/mol. The number of ether oxygens (including phenoxy) is 2. The molecule has 3 aliphatic rings. The van der Waals surface area contributed by atoms with Gasteiger partial charge < -0.3 is 9.47 Å². The van der Waals surface area contributed by atoms with Gasteiger partial charge in [-0.1, -0.05) is 51.9 Å². The molecule has 4 unspecified atom stereocenters. The molecule has 4 atom stereocenters. The highest BCUT2D eigenvalue weighted by Crippen LogP contribution is 2.50. The van der Waals surface area contributed by atoms with Gasteiger partial charge in [-0.15, -0.1) is 0 Å². The Labute approximate surface area is 193 Å². The van der Waals surface area contributed by atoms with Crippen molar-refractivity contribution in [3.8, 4) is 11.5 Å². The number of esters is 1. The van der Waals surface area contributed by atoms with Gasteiger partial charge >= 0.3 is 5.97 Å². The van der Waals surface area contributed by atoms with Gasteiger partial charge in [0.05, 0.1) is 13.0 Å². The lowest BCUT2D eigenvalue weighted by Gasteiger charge is -2.46. The van der Waals surface area contributed by atoms with Crippen molar-refractivity contribution in [1.82, 2.24) is 0 Å². The van der Waals surface area contributed by atoms with E-state index in [1.54, 1.807) is 6.07 Å². The van der Waals surface area contributed by atoms with Crippen LogP contribution < -0.4 is 9.47 Å². The maximum atomic E-state index is 14.3. The van der Waals surface area contributed by atoms with Crippen LogP contribution in [0.5, 0.6) is 11.5 Å². The number of halogens is 1. The SMILES string of the molecule is CCCCC1CCC(C2CCC3C(CCCC3C(=O)Oc3ccc(OC)cc3F)C2)CC1. The lowest BCUT2D eigenvalue weighted by Crippen LogP contribution is -2.40. The van der Waals surface area contributed by atoms with E-state index in [1.807, 2.05) is 0 Å². The number of benzene rings is 1. The molecule has 0 heterocycles. The zero-order valence-corrected chi connectivity index (χ0v) is 20.0. The first-order valence-electron chi connectivity index (χ1n) is 13.1. The predicted octanol–water partition coefficient (Wildman–Crippen LogP) is 7.57. The summed E-state index contributed by atoms with van der Waals surface area (Å²) in [5, 5.41) is 0. The maximum absolute atomic E-state index is 14.3. The van der Waals surface area contributed by atoms with Crippen molar-refractivity contribution < 1.29 is 18.7 Å². The van der Waals surface area contributed by atoms with E-state index in [2.05, 4.69) is 6.92 Å². The Balaban J connectivity index is 1.31. The van der Waals surface area contributed by atoms with Crippen LogP contribution in [-0.4, -0.2) is 13.1 Å². The third-order valence-corrected chi connectivity index (χ3v) is 8.87. The van der Waals surface area contributed by atoms with Crippen molar-refractivity contribution >= 4 is 5.97 Å². The fraction of sp³-hybridized carbons (Fsp3) is 0.750. The van der Waals surface area contributed by atoms with Gasteiger partial charge in [-0.3, -0.25) is 4.79 Å². The summed E-state index contributed by atoms with van der Waals surface area (Å²) >= 11 is 0. The van der Waals surface area contributed by atoms with Gasteiger partial charge in [-0.2, -0.15) is 0 Å². The average Bonchev–Trinajstić information content (AvgIpc) is 2.83. The van der Waals surface area contributed by atoms with Crippen molar-refractivity contribution in [3.63, 3.8) is 0 Å². The number of methoxy groups -OCH3 is 1. The van der Waals surface area contributed by atoms with Crippen LogP contribution in [-0.2, 0) is 4.79 Å². The molecule has 1 aromatic carbocycles. The van der Waals surface area contributed by atoms with E-state index in [9.17, 15) is 9.18 Å². The molecule has 0 bridgehead atoms. The normalized spacial score (nSPS) is 32.7. The number of hydrogen-bond acceptors (Lipinski definition) is 3. The minimum absolute atomic E-state index is 0.0199. The van der Waals surface area contributed by atoms with E-state index < -0.39 is 5.82 Å². The molecule has 178 valence electrons. The molecule has 0 amide bonds. The third kappa shape index (κ3) is 5.48. The smallest absolute Gasteiger partial charge is 0.314 e. The van der Waals surface area contributed by atoms with Crippen LogP contribution in [0.15, 0.2) is 18.2 Å². The fourth-order valence-electron chi connectivity index (χ4n) is 7.04. The summed E-state index contributed by atoms with van der Waals surface area (Å²) in [4.78, 5) is 13.0. The Morgan fingerprint density at radius 2 is 1.78 bits per heavy atom. The number of carbonyl (C=O) groups excluding carboxylic acids is 1. The topological polar surface area (TPSA) is 35.5 Å². The standard InChI is InChI=1S/C28H41FO3/c1-3-4-6-19-9-11-20(12-10-19)21-13-15-24-22(17-21)7-5-8-25(24)28(30)32-27-16-14-23(31-2)18-26(27)29/h14,16,18-22,24-25H,3-13,15,17H2,1-2H3. The molecule has 0 aliphatic heterocycles. The van der Waals surface area contributed by atoms with Gasteiger partial charge in [-0.05, 0) is 80.2 Å². The Morgan fingerprint density at radius 3 is 2.50 bits per heavy atom. The van der Waals surface area contributed by atoms with Crippen molar-refractivity contribution in [2.24, 2.45) is 35.5 Å². The number of carbonyl (C=O) groups is 1. The Hall–Kier alpha value is -1.58. The van der Waals surface area contributed by atoms with Gasteiger partial charge in [0.15, 0.2) is 11.6 Å². The second-order valence-electron chi connectivity index (χ2n) is 10.7. The van der Waals surface area contributed by atoms with E-state index in [4.69, 9.17) is 9.47 Å². The number of unbranched alkanes of at least 4 members (excludes halogenated alkanes) is 1. The lowest BCUT2D eigenvalue weighted by molar-refractivity contribution is -0.144. The first-order valence-corrected chi connectivity index (χ1v) is 13.1. The molecule has 3 aliphatic carbocycles. The summed E-state index contributed by atoms with van der Waals surface area (Å²) in [7, 11) is 1.50. The summed E-state index contributed by atoms with van der Waals surface area (Å²) in [6, 6.07) is 4.41. The Morgan fingerprint density at radius 1 is 1.00 bits per heavy atom. The number of rotatable bonds is 7. The van der Waals surface area contributed by atoms with Crippen molar-refractivity contribution in [2.75, 3.05) is 7.11 Å². The second kappa shape index (κ2) is 11.0. The first-order chi connectivity index (χ1) is 15.6. The molecule has 3 saturated carbocycles. The van der Waals surface area contributed by atoms with Crippen molar-refractivity contribution in [1.29, 1.82) is 0 Å². The molecule has 0 aromatic heterocycles. The first kappa shape index (κ1) is 23.6. The second-order valence-corrected chi connectivity index (χ2v) is 10.7. The van der Waals surface area contributed by atoms with Gasteiger partial charge in [0, 0.05) is 6.07 Å². The molecule has 3 nitrogen and oxygen atoms in total. The molecular formula is C28H41FO3. The highest BCUT2D eigenvalue weighted by Gasteiger charge is 2.43. The van der Waals surface area contributed by atoms with Crippen LogP contribution >= 0.6 is 0 Å². The van der Waals surface area contributed by atoms with E-state index in [1.165, 1.54) is 83.5 Å². The molecule has 32 heavy (non-hydrogen) atoms. The Kier molecular flexibility index (Phi) is 8.12. The summed E-state index contributed by atoms with van der Waals surface area (Å²) < 4.78 is 24.9. The van der Waals surface area contributed by atoms with Crippen molar-refractivity contribution in [2.45, 2.75) is 90.4 Å². The van der Waals surface area contributed by atoms with Crippen molar-refractivity contribution in [3.05, 3.63) is 24.0 Å². The largest absolute Gasteiger partial charge is 0.497 e. The van der Waals surface area contributed by atoms with Gasteiger partial charge in [0.25, 0.3) is 0 Å². The van der Waals surface area contributed by atoms with Gasteiger partial charge in [0.2, 0.25) is 0 Å². The van der Waals surface area contributed by atoms with Gasteiger partial charge in [0.1, 0.15) is 5.75 Å². The van der Waals surface area contributed by atoms with Crippen LogP contribution in [0.2, 0.25) is 0 Å². The third-order valence-electron chi connectivity index (χ3n) is 8.87. The van der Waals surface area contributed by atoms with E-state index in [-0.39, 0.29) is 17.6 Å². The molecule has 0 spiro atoms. The molecule has 0 radical (unpaired) electrons. The summed E-state index contributed by atoms with van der Waals surface area (Å²) in [5.74, 6) is 3.35. The molecular weight excluding hydrogens is 403 g/mol. The molecule has 0 N–H and O–H groups in total. The van der Waals surface area contributed by atoms with Crippen LogP contribution in [0.1, 0.15) is 90.4 Å². The molecule has 3 fully saturated rings. The predicted molar refractivity (Wildman–Crippen MR) is 125 cm³/mol. The summed E-state index contributed by atoms with van der Waals surface area (Å²) in [5.41, 5.74) is 0. The lowest BCUT2D eigenvalue weighted by atomic mass is 9.59. The quantitative estimate of drug-likeness (QED) is 0.321. The summed E-state index contributed by atoms with van der Waals surface area (Å²) in [6.07, 6.45) is 16.7. The number of hydrogen-bond donors (Lipinski definition) is 0. The molecule has 1 aromatic rings. The molecule has 0 saturated heterocycles. The minimum Gasteiger partial charge on any atom is -0.497 e. The number of fused-ring (bicyclic) bond motifs is 1. The summed E-state index contributed by atoms with van der Waals surface area (Å²) in [6.45, 7) is 2.30. The molecule has 4 rings (SSSR count). The van der Waals surface area contributed by atoms with Crippen LogP contribution in [0.25, 0.3) is 0 Å². The van der Waals surface area contributed by atoms with E-state index >= 15 is 0 Å². The van der Waals surface area contributed by atoms with E-state index in [0.717, 1.165) is 37.0 Å².